The van der Waals surface area contributed by atoms with Gasteiger partial charge in [-0.05, 0) is 13.3 Å². The summed E-state index contributed by atoms with van der Waals surface area (Å²) in [5.41, 5.74) is -2.11. The molecule has 4 rings (SSSR count). The minimum atomic E-state index is -2.67. The van der Waals surface area contributed by atoms with E-state index in [2.05, 4.69) is 6.92 Å². The number of carbonyl (C=O) groups is 2. The van der Waals surface area contributed by atoms with E-state index in [-0.39, 0.29) is 29.0 Å². The molecular weight excluding hydrogens is 350 g/mol. The number of nitrogens with zero attached hydrogens (tertiary/aromatic N) is 1. The van der Waals surface area contributed by atoms with Crippen molar-refractivity contribution >= 4 is 11.7 Å². The van der Waals surface area contributed by atoms with Crippen LogP contribution in [0.3, 0.4) is 0 Å². The summed E-state index contributed by atoms with van der Waals surface area (Å²) < 4.78 is 5.67. The fourth-order valence-electron chi connectivity index (χ4n) is 4.89. The van der Waals surface area contributed by atoms with Gasteiger partial charge in [0.2, 0.25) is 11.3 Å². The Hall–Kier alpha value is -2.22. The monoisotopic (exact) mass is 373 g/mol. The van der Waals surface area contributed by atoms with Gasteiger partial charge in [0.05, 0.1) is 5.57 Å². The van der Waals surface area contributed by atoms with Gasteiger partial charge in [0.15, 0.2) is 0 Å². The number of hydrogen-bond donors (Lipinski definition) is 3. The lowest BCUT2D eigenvalue weighted by molar-refractivity contribution is -0.315. The molecule has 0 saturated carbocycles. The topological polar surface area (TPSA) is 107 Å². The molecular formula is C20H23NO6. The zero-order valence-electron chi connectivity index (χ0n) is 15.4. The summed E-state index contributed by atoms with van der Waals surface area (Å²) in [4.78, 5) is 26.7. The van der Waals surface area contributed by atoms with Gasteiger partial charge in [-0.15, -0.1) is 0 Å². The number of likely N-dealkylation sites (tertiary alicyclic amines) is 1. The van der Waals surface area contributed by atoms with E-state index in [1.54, 1.807) is 12.1 Å². The first-order valence-electron chi connectivity index (χ1n) is 9.29. The Morgan fingerprint density at radius 2 is 1.70 bits per heavy atom. The first-order chi connectivity index (χ1) is 12.7. The Morgan fingerprint density at radius 3 is 2.37 bits per heavy atom. The van der Waals surface area contributed by atoms with E-state index >= 15 is 0 Å². The first-order valence-corrected chi connectivity index (χ1v) is 9.29. The van der Waals surface area contributed by atoms with E-state index in [9.17, 15) is 24.9 Å². The molecule has 2 atom stereocenters. The Labute approximate surface area is 156 Å². The van der Waals surface area contributed by atoms with Crippen LogP contribution in [0.4, 0.5) is 0 Å². The molecule has 2 aliphatic heterocycles. The molecule has 2 heterocycles. The van der Waals surface area contributed by atoms with Gasteiger partial charge in [-0.3, -0.25) is 9.59 Å². The van der Waals surface area contributed by atoms with E-state index in [0.29, 0.717) is 6.42 Å². The summed E-state index contributed by atoms with van der Waals surface area (Å²) in [5, 5.41) is 33.9. The van der Waals surface area contributed by atoms with Gasteiger partial charge < -0.3 is 25.0 Å². The van der Waals surface area contributed by atoms with Crippen LogP contribution in [0.25, 0.3) is 0 Å². The van der Waals surface area contributed by atoms with Crippen molar-refractivity contribution in [3.63, 3.8) is 0 Å². The molecule has 3 N–H and O–H groups in total. The minimum Gasteiger partial charge on any atom is -0.459 e. The average Bonchev–Trinajstić information content (AvgIpc) is 3.08. The maximum absolute atomic E-state index is 12.8. The predicted octanol–water partition coefficient (Wildman–Crippen LogP) is 1.02. The van der Waals surface area contributed by atoms with Crippen LogP contribution in [-0.2, 0) is 25.9 Å². The number of allylic oxidation sites excluding steroid dienone is 1. The van der Waals surface area contributed by atoms with Crippen LogP contribution >= 0.6 is 0 Å². The minimum absolute atomic E-state index is 0.0264. The number of hydrogen-bond acceptors (Lipinski definition) is 6. The molecule has 0 bridgehead atoms. The van der Waals surface area contributed by atoms with E-state index in [1.165, 1.54) is 19.1 Å². The van der Waals surface area contributed by atoms with Crippen molar-refractivity contribution in [3.05, 3.63) is 46.7 Å². The molecule has 1 amide bonds. The molecule has 1 fully saturated rings. The second kappa shape index (κ2) is 5.64. The van der Waals surface area contributed by atoms with Crippen molar-refractivity contribution in [2.75, 3.05) is 6.54 Å². The number of amides is 1. The smallest absolute Gasteiger partial charge is 0.295 e. The number of aliphatic hydroxyl groups is 3. The summed E-state index contributed by atoms with van der Waals surface area (Å²) in [6.07, 6.45) is 3.34. The molecule has 1 spiro atoms. The number of rotatable bonds is 5. The first kappa shape index (κ1) is 18.2. The Balaban J connectivity index is 1.92. The molecule has 27 heavy (non-hydrogen) atoms. The van der Waals surface area contributed by atoms with Crippen LogP contribution in [0, 0.1) is 0 Å². The van der Waals surface area contributed by atoms with Crippen LogP contribution in [0.2, 0.25) is 0 Å². The summed E-state index contributed by atoms with van der Waals surface area (Å²) >= 11 is 0. The maximum atomic E-state index is 12.8. The molecule has 7 nitrogen and oxygen atoms in total. The van der Waals surface area contributed by atoms with Gasteiger partial charge in [0.25, 0.3) is 17.5 Å². The molecule has 1 aromatic rings. The number of ketones is 1. The van der Waals surface area contributed by atoms with E-state index in [1.807, 2.05) is 0 Å². The average molecular weight is 373 g/mol. The molecule has 1 aromatic carbocycles. The van der Waals surface area contributed by atoms with Gasteiger partial charge in [0, 0.05) is 17.7 Å². The number of Topliss-reactive ketones (excluding diaryl/α,β-unsaturated/α-hetero) is 1. The van der Waals surface area contributed by atoms with Gasteiger partial charge in [-0.25, -0.2) is 0 Å². The number of unbranched alkanes of at least 4 members (excludes halogenated alkanes) is 3. The zero-order valence-corrected chi connectivity index (χ0v) is 15.4. The highest BCUT2D eigenvalue weighted by Crippen LogP contribution is 2.66. The molecule has 1 aliphatic carbocycles. The van der Waals surface area contributed by atoms with Gasteiger partial charge in [-0.2, -0.15) is 0 Å². The largest absolute Gasteiger partial charge is 0.459 e. The summed E-state index contributed by atoms with van der Waals surface area (Å²) in [5.74, 6) is -6.58. The predicted molar refractivity (Wildman–Crippen MR) is 93.8 cm³/mol. The van der Waals surface area contributed by atoms with Gasteiger partial charge in [-0.1, -0.05) is 50.5 Å². The summed E-state index contributed by atoms with van der Waals surface area (Å²) in [7, 11) is 0. The van der Waals surface area contributed by atoms with Crippen LogP contribution < -0.4 is 0 Å². The third-order valence-corrected chi connectivity index (χ3v) is 5.98. The van der Waals surface area contributed by atoms with Crippen molar-refractivity contribution in [3.8, 4) is 0 Å². The van der Waals surface area contributed by atoms with Crippen LogP contribution in [0.1, 0.15) is 50.7 Å². The molecule has 0 radical (unpaired) electrons. The van der Waals surface area contributed by atoms with Crippen molar-refractivity contribution in [2.45, 2.75) is 56.6 Å². The van der Waals surface area contributed by atoms with Crippen molar-refractivity contribution in [1.82, 2.24) is 4.90 Å². The number of fused-ring (bicyclic) bond motifs is 2. The fraction of sp³-hybridized carbons (Fsp3) is 0.500. The highest BCUT2D eigenvalue weighted by Gasteiger charge is 2.84. The van der Waals surface area contributed by atoms with Crippen LogP contribution in [0.15, 0.2) is 35.6 Å². The second-order valence-corrected chi connectivity index (χ2v) is 7.45. The van der Waals surface area contributed by atoms with Gasteiger partial charge in [0.1, 0.15) is 5.76 Å². The Kier molecular flexibility index (Phi) is 3.79. The SMILES string of the molecule is CCCCCCN1C(=O)C(=O)C2=C(C)O[C@]3(O)c4ccccc4C(O)(O)[C@@]213. The zero-order chi connectivity index (χ0) is 19.6. The maximum Gasteiger partial charge on any atom is 0.295 e. The fourth-order valence-corrected chi connectivity index (χ4v) is 4.89. The van der Waals surface area contributed by atoms with Crippen molar-refractivity contribution in [2.24, 2.45) is 0 Å². The lowest BCUT2D eigenvalue weighted by atomic mass is 9.79. The Bertz CT molecular complexity index is 875. The lowest BCUT2D eigenvalue weighted by Crippen LogP contribution is -2.66. The number of benzene rings is 1. The van der Waals surface area contributed by atoms with Crippen molar-refractivity contribution < 1.29 is 29.6 Å². The highest BCUT2D eigenvalue weighted by molar-refractivity contribution is 6.46. The third kappa shape index (κ3) is 1.86. The molecule has 7 heteroatoms. The molecule has 3 aliphatic rings. The molecule has 0 aromatic heterocycles. The van der Waals surface area contributed by atoms with E-state index < -0.39 is 28.8 Å². The van der Waals surface area contributed by atoms with Crippen LogP contribution in [0.5, 0.6) is 0 Å². The van der Waals surface area contributed by atoms with E-state index in [4.69, 9.17) is 4.74 Å². The Morgan fingerprint density at radius 1 is 1.04 bits per heavy atom. The summed E-state index contributed by atoms with van der Waals surface area (Å²) in [6, 6.07) is 6.21. The van der Waals surface area contributed by atoms with Crippen molar-refractivity contribution in [1.29, 1.82) is 0 Å². The lowest BCUT2D eigenvalue weighted by Gasteiger charge is -2.45. The third-order valence-electron chi connectivity index (χ3n) is 5.98. The van der Waals surface area contributed by atoms with Gasteiger partial charge >= 0.3 is 0 Å². The quantitative estimate of drug-likeness (QED) is 0.404. The summed E-state index contributed by atoms with van der Waals surface area (Å²) in [6.45, 7) is 3.62. The van der Waals surface area contributed by atoms with E-state index in [0.717, 1.165) is 24.2 Å². The normalized spacial score (nSPS) is 30.5. The second-order valence-electron chi connectivity index (χ2n) is 7.45. The standard InChI is InChI=1S/C20H23NO6/c1-3-4-5-8-11-21-17(23)16(22)15-12(2)27-20(26)14-10-7-6-9-13(14)19(24,25)18(15,20)21/h6-7,9-10,24-26H,3-5,8,11H2,1-2H3/t18-,20-/m1/s1. The molecule has 1 saturated heterocycles. The number of carbonyl (C=O) groups excluding carboxylic acids is 2. The number of ether oxygens (including phenoxy) is 1. The molecule has 144 valence electrons. The van der Waals surface area contributed by atoms with Crippen LogP contribution in [-0.4, -0.2) is 44.0 Å². The highest BCUT2D eigenvalue weighted by atomic mass is 16.6. The molecule has 0 unspecified atom stereocenters.